The Morgan fingerprint density at radius 3 is 2.50 bits per heavy atom. The third-order valence-electron chi connectivity index (χ3n) is 4.42. The number of hydrogen-bond donors (Lipinski definition) is 1. The highest BCUT2D eigenvalue weighted by Crippen LogP contribution is 2.24. The van der Waals surface area contributed by atoms with Gasteiger partial charge in [0.2, 0.25) is 11.8 Å². The molecule has 7 heteroatoms. The number of thioether (sulfide) groups is 1. The molecular weight excluding hydrogens is 399 g/mol. The van der Waals surface area contributed by atoms with Gasteiger partial charge in [-0.2, -0.15) is 0 Å². The number of hydrogen-bond acceptors (Lipinski definition) is 3. The molecule has 0 aliphatic rings. The zero-order chi connectivity index (χ0) is 20.7. The SMILES string of the molecule is CNC(=O)C(C)N(Cc1ccc(C)cc1)C(=O)CSCc1c(F)cccc1Cl. The molecule has 0 saturated carbocycles. The van der Waals surface area contributed by atoms with Gasteiger partial charge in [-0.1, -0.05) is 47.5 Å². The first-order valence-corrected chi connectivity index (χ1v) is 10.4. The molecule has 150 valence electrons. The van der Waals surface area contributed by atoms with Crippen LogP contribution in [0.5, 0.6) is 0 Å². The number of likely N-dealkylation sites (N-methyl/N-ethyl adjacent to an activating group) is 1. The Kier molecular flexibility index (Phi) is 8.33. The molecule has 0 saturated heterocycles. The molecule has 0 aliphatic carbocycles. The van der Waals surface area contributed by atoms with E-state index >= 15 is 0 Å². The van der Waals surface area contributed by atoms with Gasteiger partial charge in [0.15, 0.2) is 0 Å². The molecule has 1 atom stereocenters. The van der Waals surface area contributed by atoms with Crippen molar-refractivity contribution in [1.29, 1.82) is 0 Å². The van der Waals surface area contributed by atoms with Gasteiger partial charge in [-0.3, -0.25) is 9.59 Å². The van der Waals surface area contributed by atoms with E-state index in [9.17, 15) is 14.0 Å². The van der Waals surface area contributed by atoms with Gasteiger partial charge in [-0.05, 0) is 31.5 Å². The average Bonchev–Trinajstić information content (AvgIpc) is 2.68. The van der Waals surface area contributed by atoms with Crippen LogP contribution >= 0.6 is 23.4 Å². The molecular formula is C21H24ClFN2O2S. The van der Waals surface area contributed by atoms with Gasteiger partial charge in [0.05, 0.1) is 5.75 Å². The Morgan fingerprint density at radius 2 is 1.89 bits per heavy atom. The topological polar surface area (TPSA) is 49.4 Å². The van der Waals surface area contributed by atoms with E-state index in [1.54, 1.807) is 31.0 Å². The Bertz CT molecular complexity index is 809. The quantitative estimate of drug-likeness (QED) is 0.694. The average molecular weight is 423 g/mol. The fourth-order valence-electron chi connectivity index (χ4n) is 2.68. The fraction of sp³-hybridized carbons (Fsp3) is 0.333. The predicted molar refractivity (Wildman–Crippen MR) is 113 cm³/mol. The number of nitrogens with zero attached hydrogens (tertiary/aromatic N) is 1. The Labute approximate surface area is 174 Å². The summed E-state index contributed by atoms with van der Waals surface area (Å²) in [7, 11) is 1.54. The van der Waals surface area contributed by atoms with E-state index in [1.165, 1.54) is 17.8 Å². The molecule has 1 N–H and O–H groups in total. The van der Waals surface area contributed by atoms with Crippen molar-refractivity contribution in [2.24, 2.45) is 0 Å². The third kappa shape index (κ3) is 5.97. The lowest BCUT2D eigenvalue weighted by Crippen LogP contribution is -2.47. The van der Waals surface area contributed by atoms with Crippen LogP contribution in [0.1, 0.15) is 23.6 Å². The van der Waals surface area contributed by atoms with Crippen molar-refractivity contribution in [1.82, 2.24) is 10.2 Å². The first-order chi connectivity index (χ1) is 13.3. The van der Waals surface area contributed by atoms with Crippen LogP contribution in [0.4, 0.5) is 4.39 Å². The number of carbonyl (C=O) groups excluding carboxylic acids is 2. The lowest BCUT2D eigenvalue weighted by atomic mass is 10.1. The summed E-state index contributed by atoms with van der Waals surface area (Å²) in [4.78, 5) is 26.5. The lowest BCUT2D eigenvalue weighted by molar-refractivity contribution is -0.138. The van der Waals surface area contributed by atoms with Crippen molar-refractivity contribution in [2.75, 3.05) is 12.8 Å². The summed E-state index contributed by atoms with van der Waals surface area (Å²) in [5.74, 6) is -0.401. The summed E-state index contributed by atoms with van der Waals surface area (Å²) in [6.45, 7) is 4.02. The highest BCUT2D eigenvalue weighted by molar-refractivity contribution is 7.99. The molecule has 2 rings (SSSR count). The van der Waals surface area contributed by atoms with Gasteiger partial charge in [-0.25, -0.2) is 4.39 Å². The summed E-state index contributed by atoms with van der Waals surface area (Å²) >= 11 is 7.31. The molecule has 4 nitrogen and oxygen atoms in total. The number of rotatable bonds is 8. The van der Waals surface area contributed by atoms with Crippen molar-refractivity contribution in [3.05, 3.63) is 70.0 Å². The smallest absolute Gasteiger partial charge is 0.242 e. The molecule has 2 aromatic rings. The third-order valence-corrected chi connectivity index (χ3v) is 5.72. The van der Waals surface area contributed by atoms with Crippen LogP contribution in [-0.4, -0.2) is 35.6 Å². The first kappa shape index (κ1) is 22.2. The molecule has 0 radical (unpaired) electrons. The molecule has 28 heavy (non-hydrogen) atoms. The van der Waals surface area contributed by atoms with Gasteiger partial charge in [-0.15, -0.1) is 11.8 Å². The van der Waals surface area contributed by atoms with Crippen LogP contribution in [0.15, 0.2) is 42.5 Å². The van der Waals surface area contributed by atoms with Crippen molar-refractivity contribution in [3.63, 3.8) is 0 Å². The molecule has 0 aliphatic heterocycles. The molecule has 2 amide bonds. The molecule has 0 aromatic heterocycles. The molecule has 2 aromatic carbocycles. The number of halogens is 2. The van der Waals surface area contributed by atoms with E-state index in [0.717, 1.165) is 11.1 Å². The molecule has 0 spiro atoms. The normalized spacial score (nSPS) is 11.8. The van der Waals surface area contributed by atoms with E-state index in [4.69, 9.17) is 11.6 Å². The van der Waals surface area contributed by atoms with Gasteiger partial charge in [0.1, 0.15) is 11.9 Å². The fourth-order valence-corrected chi connectivity index (χ4v) is 3.92. The van der Waals surface area contributed by atoms with Gasteiger partial charge < -0.3 is 10.2 Å². The first-order valence-electron chi connectivity index (χ1n) is 8.90. The zero-order valence-electron chi connectivity index (χ0n) is 16.2. The minimum absolute atomic E-state index is 0.123. The van der Waals surface area contributed by atoms with Crippen LogP contribution in [0.2, 0.25) is 5.02 Å². The van der Waals surface area contributed by atoms with E-state index in [1.807, 2.05) is 31.2 Å². The van der Waals surface area contributed by atoms with Crippen molar-refractivity contribution >= 4 is 35.2 Å². The second kappa shape index (κ2) is 10.5. The Balaban J connectivity index is 2.07. The van der Waals surface area contributed by atoms with Crippen LogP contribution in [0, 0.1) is 12.7 Å². The van der Waals surface area contributed by atoms with E-state index < -0.39 is 6.04 Å². The van der Waals surface area contributed by atoms with Gasteiger partial charge in [0, 0.05) is 29.9 Å². The second-order valence-electron chi connectivity index (χ2n) is 6.49. The Hall–Kier alpha value is -2.05. The number of carbonyl (C=O) groups is 2. The summed E-state index contributed by atoms with van der Waals surface area (Å²) < 4.78 is 13.9. The van der Waals surface area contributed by atoms with Crippen LogP contribution in [-0.2, 0) is 21.9 Å². The zero-order valence-corrected chi connectivity index (χ0v) is 17.7. The standard InChI is InChI=1S/C21H24ClFN2O2S/c1-14-7-9-16(10-8-14)11-25(15(2)21(27)24-3)20(26)13-28-12-17-18(22)5-4-6-19(17)23/h4-10,15H,11-13H2,1-3H3,(H,24,27). The van der Waals surface area contributed by atoms with E-state index in [2.05, 4.69) is 5.32 Å². The largest absolute Gasteiger partial charge is 0.357 e. The van der Waals surface area contributed by atoms with Crippen molar-refractivity contribution in [2.45, 2.75) is 32.2 Å². The number of nitrogens with one attached hydrogen (secondary N) is 1. The number of amides is 2. The van der Waals surface area contributed by atoms with Crippen molar-refractivity contribution < 1.29 is 14.0 Å². The van der Waals surface area contributed by atoms with Crippen molar-refractivity contribution in [3.8, 4) is 0 Å². The van der Waals surface area contributed by atoms with E-state index in [-0.39, 0.29) is 29.1 Å². The minimum Gasteiger partial charge on any atom is -0.357 e. The molecule has 1 unspecified atom stereocenters. The van der Waals surface area contributed by atoms with Crippen LogP contribution < -0.4 is 5.32 Å². The predicted octanol–water partition coefficient (Wildman–Crippen LogP) is 4.18. The molecule has 0 fully saturated rings. The minimum atomic E-state index is -0.614. The van der Waals surface area contributed by atoms with Crippen LogP contribution in [0.3, 0.4) is 0 Å². The van der Waals surface area contributed by atoms with Gasteiger partial charge in [0.25, 0.3) is 0 Å². The lowest BCUT2D eigenvalue weighted by Gasteiger charge is -2.28. The number of aryl methyl sites for hydroxylation is 1. The highest BCUT2D eigenvalue weighted by Gasteiger charge is 2.25. The molecule has 0 bridgehead atoms. The maximum atomic E-state index is 13.9. The molecule has 0 heterocycles. The summed E-state index contributed by atoms with van der Waals surface area (Å²) in [5, 5.41) is 2.93. The maximum absolute atomic E-state index is 13.9. The monoisotopic (exact) mass is 422 g/mol. The van der Waals surface area contributed by atoms with E-state index in [0.29, 0.717) is 17.1 Å². The summed E-state index contributed by atoms with van der Waals surface area (Å²) in [6, 6.07) is 11.7. The highest BCUT2D eigenvalue weighted by atomic mass is 35.5. The number of benzene rings is 2. The second-order valence-corrected chi connectivity index (χ2v) is 7.88. The Morgan fingerprint density at radius 1 is 1.21 bits per heavy atom. The summed E-state index contributed by atoms with van der Waals surface area (Å²) in [5.41, 5.74) is 2.45. The van der Waals surface area contributed by atoms with Crippen LogP contribution in [0.25, 0.3) is 0 Å². The van der Waals surface area contributed by atoms with Gasteiger partial charge >= 0.3 is 0 Å². The summed E-state index contributed by atoms with van der Waals surface area (Å²) in [6.07, 6.45) is 0. The maximum Gasteiger partial charge on any atom is 0.242 e.